The Morgan fingerprint density at radius 3 is 2.90 bits per heavy atom. The van der Waals surface area contributed by atoms with Crippen molar-refractivity contribution < 1.29 is 9.59 Å². The maximum atomic E-state index is 12.3. The Labute approximate surface area is 128 Å². The highest BCUT2D eigenvalue weighted by Gasteiger charge is 2.30. The zero-order chi connectivity index (χ0) is 15.4. The van der Waals surface area contributed by atoms with Crippen molar-refractivity contribution in [2.24, 2.45) is 11.7 Å². The van der Waals surface area contributed by atoms with Gasteiger partial charge in [-0.2, -0.15) is 0 Å². The number of nitrogens with two attached hydrogens (primary N) is 1. The van der Waals surface area contributed by atoms with Gasteiger partial charge in [0.1, 0.15) is 5.82 Å². The molecule has 21 heavy (non-hydrogen) atoms. The number of pyridine rings is 1. The van der Waals surface area contributed by atoms with Gasteiger partial charge in [-0.3, -0.25) is 14.5 Å². The molecule has 2 amide bonds. The Balaban J connectivity index is 1.95. The minimum absolute atomic E-state index is 0.0915. The molecule has 1 aliphatic heterocycles. The van der Waals surface area contributed by atoms with E-state index in [0.29, 0.717) is 17.4 Å². The monoisotopic (exact) mass is 310 g/mol. The fourth-order valence-corrected chi connectivity index (χ4v) is 2.54. The third kappa shape index (κ3) is 4.15. The van der Waals surface area contributed by atoms with Crippen LogP contribution in [-0.4, -0.2) is 40.8 Å². The lowest BCUT2D eigenvalue weighted by Crippen LogP contribution is -2.49. The predicted octanol–water partition coefficient (Wildman–Crippen LogP) is 1.26. The van der Waals surface area contributed by atoms with E-state index < -0.39 is 0 Å². The molecular formula is C14H19ClN4O2. The first-order chi connectivity index (χ1) is 9.97. The van der Waals surface area contributed by atoms with Crippen LogP contribution >= 0.6 is 11.6 Å². The van der Waals surface area contributed by atoms with Crippen molar-refractivity contribution in [1.29, 1.82) is 0 Å². The number of hydrogen-bond acceptors (Lipinski definition) is 4. The normalized spacial score (nSPS) is 20.8. The molecule has 1 saturated heterocycles. The van der Waals surface area contributed by atoms with Gasteiger partial charge in [-0.25, -0.2) is 4.98 Å². The number of anilines is 1. The van der Waals surface area contributed by atoms with E-state index >= 15 is 0 Å². The summed E-state index contributed by atoms with van der Waals surface area (Å²) < 4.78 is 0. The van der Waals surface area contributed by atoms with Gasteiger partial charge in [-0.15, -0.1) is 0 Å². The fourth-order valence-electron chi connectivity index (χ4n) is 2.43. The van der Waals surface area contributed by atoms with E-state index in [9.17, 15) is 9.59 Å². The summed E-state index contributed by atoms with van der Waals surface area (Å²) in [6, 6.07) is 2.98. The standard InChI is InChI=1S/C14H19ClN4O2/c1-9(13(16)20)19-6-2-3-10(8-19)14(21)18-12-5-4-11(15)7-17-12/h4-5,7,9-10H,2-3,6,8H2,1H3,(H2,16,20)(H,17,18,21). The summed E-state index contributed by atoms with van der Waals surface area (Å²) in [5.74, 6) is -0.149. The molecule has 0 aliphatic carbocycles. The summed E-state index contributed by atoms with van der Waals surface area (Å²) in [7, 11) is 0. The molecule has 1 fully saturated rings. The van der Waals surface area contributed by atoms with Gasteiger partial charge in [0.25, 0.3) is 0 Å². The molecule has 1 aliphatic rings. The number of carbonyl (C=O) groups excluding carboxylic acids is 2. The van der Waals surface area contributed by atoms with Gasteiger partial charge in [0, 0.05) is 12.7 Å². The van der Waals surface area contributed by atoms with E-state index in [1.807, 2.05) is 4.90 Å². The molecule has 0 bridgehead atoms. The summed E-state index contributed by atoms with van der Waals surface area (Å²) in [5, 5.41) is 3.30. The number of aromatic nitrogens is 1. The van der Waals surface area contributed by atoms with Crippen molar-refractivity contribution in [3.05, 3.63) is 23.4 Å². The maximum Gasteiger partial charge on any atom is 0.234 e. The number of hydrogen-bond donors (Lipinski definition) is 2. The molecule has 6 nitrogen and oxygen atoms in total. The van der Waals surface area contributed by atoms with E-state index in [1.54, 1.807) is 19.1 Å². The minimum Gasteiger partial charge on any atom is -0.368 e. The third-order valence-electron chi connectivity index (χ3n) is 3.76. The zero-order valence-corrected chi connectivity index (χ0v) is 12.6. The van der Waals surface area contributed by atoms with Crippen molar-refractivity contribution in [2.45, 2.75) is 25.8 Å². The fraction of sp³-hybridized carbons (Fsp3) is 0.500. The van der Waals surface area contributed by atoms with Crippen LogP contribution in [0.2, 0.25) is 5.02 Å². The molecule has 114 valence electrons. The van der Waals surface area contributed by atoms with Gasteiger partial charge in [0.2, 0.25) is 11.8 Å². The number of likely N-dealkylation sites (tertiary alicyclic amines) is 1. The Kier molecular flexibility index (Phi) is 5.14. The molecule has 3 N–H and O–H groups in total. The van der Waals surface area contributed by atoms with Crippen LogP contribution in [0, 0.1) is 5.92 Å². The average Bonchev–Trinajstić information content (AvgIpc) is 2.48. The van der Waals surface area contributed by atoms with Crippen molar-refractivity contribution in [3.8, 4) is 0 Å². The summed E-state index contributed by atoms with van der Waals surface area (Å²) in [5.41, 5.74) is 5.32. The molecule has 1 aromatic heterocycles. The highest BCUT2D eigenvalue weighted by Crippen LogP contribution is 2.20. The van der Waals surface area contributed by atoms with Gasteiger partial charge >= 0.3 is 0 Å². The van der Waals surface area contributed by atoms with Crippen molar-refractivity contribution in [3.63, 3.8) is 0 Å². The van der Waals surface area contributed by atoms with Gasteiger partial charge in [0.05, 0.1) is 17.0 Å². The number of nitrogens with one attached hydrogen (secondary N) is 1. The second-order valence-corrected chi connectivity index (χ2v) is 5.70. The Hall–Kier alpha value is -1.66. The number of amides is 2. The largest absolute Gasteiger partial charge is 0.368 e. The molecule has 2 rings (SSSR count). The van der Waals surface area contributed by atoms with Gasteiger partial charge < -0.3 is 11.1 Å². The minimum atomic E-state index is -0.365. The Bertz CT molecular complexity index is 520. The van der Waals surface area contributed by atoms with Crippen LogP contribution in [0.4, 0.5) is 5.82 Å². The van der Waals surface area contributed by atoms with E-state index in [-0.39, 0.29) is 23.8 Å². The number of carbonyl (C=O) groups is 2. The summed E-state index contributed by atoms with van der Waals surface area (Å²) >= 11 is 5.75. The predicted molar refractivity (Wildman–Crippen MR) is 80.8 cm³/mol. The highest BCUT2D eigenvalue weighted by atomic mass is 35.5. The first-order valence-electron chi connectivity index (χ1n) is 6.93. The maximum absolute atomic E-state index is 12.3. The highest BCUT2D eigenvalue weighted by molar-refractivity contribution is 6.30. The van der Waals surface area contributed by atoms with Crippen LogP contribution in [0.5, 0.6) is 0 Å². The molecule has 1 aromatic rings. The summed E-state index contributed by atoms with van der Waals surface area (Å²) in [6.07, 6.45) is 3.14. The summed E-state index contributed by atoms with van der Waals surface area (Å²) in [6.45, 7) is 3.08. The first kappa shape index (κ1) is 15.7. The Morgan fingerprint density at radius 1 is 1.52 bits per heavy atom. The Morgan fingerprint density at radius 2 is 2.29 bits per heavy atom. The molecule has 2 heterocycles. The van der Waals surface area contributed by atoms with E-state index in [4.69, 9.17) is 17.3 Å². The summed E-state index contributed by atoms with van der Waals surface area (Å²) in [4.78, 5) is 29.5. The van der Waals surface area contributed by atoms with Crippen LogP contribution in [0.3, 0.4) is 0 Å². The average molecular weight is 311 g/mol. The van der Waals surface area contributed by atoms with Crippen LogP contribution < -0.4 is 11.1 Å². The molecule has 2 atom stereocenters. The second-order valence-electron chi connectivity index (χ2n) is 5.26. The van der Waals surface area contributed by atoms with E-state index in [2.05, 4.69) is 10.3 Å². The van der Waals surface area contributed by atoms with Crippen molar-refractivity contribution in [2.75, 3.05) is 18.4 Å². The number of piperidine rings is 1. The van der Waals surface area contributed by atoms with Crippen molar-refractivity contribution in [1.82, 2.24) is 9.88 Å². The SMILES string of the molecule is CC(C(N)=O)N1CCCC(C(=O)Nc2ccc(Cl)cn2)C1. The van der Waals surface area contributed by atoms with Crippen LogP contribution in [0.25, 0.3) is 0 Å². The van der Waals surface area contributed by atoms with Crippen LogP contribution in [-0.2, 0) is 9.59 Å². The lowest BCUT2D eigenvalue weighted by molar-refractivity contribution is -0.127. The molecule has 0 spiro atoms. The molecule has 0 radical (unpaired) electrons. The second kappa shape index (κ2) is 6.87. The first-order valence-corrected chi connectivity index (χ1v) is 7.31. The molecular weight excluding hydrogens is 292 g/mol. The molecule has 0 saturated carbocycles. The molecule has 0 aromatic carbocycles. The number of rotatable bonds is 4. The number of nitrogens with zero attached hydrogens (tertiary/aromatic N) is 2. The van der Waals surface area contributed by atoms with Crippen LogP contribution in [0.15, 0.2) is 18.3 Å². The molecule has 2 unspecified atom stereocenters. The number of halogens is 1. The quantitative estimate of drug-likeness (QED) is 0.876. The van der Waals surface area contributed by atoms with Crippen molar-refractivity contribution >= 4 is 29.2 Å². The smallest absolute Gasteiger partial charge is 0.234 e. The topological polar surface area (TPSA) is 88.3 Å². The van der Waals surface area contributed by atoms with Gasteiger partial charge in [0.15, 0.2) is 0 Å². The lowest BCUT2D eigenvalue weighted by Gasteiger charge is -2.34. The van der Waals surface area contributed by atoms with Gasteiger partial charge in [-0.05, 0) is 38.4 Å². The van der Waals surface area contributed by atoms with E-state index in [0.717, 1.165) is 19.4 Å². The van der Waals surface area contributed by atoms with E-state index in [1.165, 1.54) is 6.20 Å². The number of primary amides is 1. The lowest BCUT2D eigenvalue weighted by atomic mass is 9.96. The molecule has 7 heteroatoms. The zero-order valence-electron chi connectivity index (χ0n) is 11.9. The van der Waals surface area contributed by atoms with Gasteiger partial charge in [-0.1, -0.05) is 11.6 Å². The third-order valence-corrected chi connectivity index (χ3v) is 3.99. The van der Waals surface area contributed by atoms with Crippen LogP contribution in [0.1, 0.15) is 19.8 Å².